The lowest BCUT2D eigenvalue weighted by molar-refractivity contribution is -0.297. The highest BCUT2D eigenvalue weighted by atomic mass is 32.2. The second-order valence-electron chi connectivity index (χ2n) is 17.1. The van der Waals surface area contributed by atoms with Crippen LogP contribution in [0.3, 0.4) is 0 Å². The van der Waals surface area contributed by atoms with Crippen molar-refractivity contribution < 1.29 is 56.8 Å². The van der Waals surface area contributed by atoms with Crippen LogP contribution in [0.5, 0.6) is 0 Å². The molecule has 0 saturated carbocycles. The Balaban J connectivity index is 2.38. The number of hydrogen-bond acceptors (Lipinski definition) is 11. The Morgan fingerprint density at radius 3 is 1.40 bits per heavy atom. The molecule has 354 valence electrons. The molecule has 1 saturated heterocycles. The molecule has 0 radical (unpaired) electrons. The van der Waals surface area contributed by atoms with Crippen molar-refractivity contribution in [2.45, 2.75) is 256 Å². The molecule has 1 fully saturated rings. The highest BCUT2D eigenvalue weighted by molar-refractivity contribution is 7.85. The van der Waals surface area contributed by atoms with E-state index in [9.17, 15) is 37.9 Å². The first-order valence-corrected chi connectivity index (χ1v) is 25.9. The van der Waals surface area contributed by atoms with E-state index in [0.717, 1.165) is 44.9 Å². The van der Waals surface area contributed by atoms with E-state index in [4.69, 9.17) is 18.9 Å². The Labute approximate surface area is 365 Å². The summed E-state index contributed by atoms with van der Waals surface area (Å²) < 4.78 is 54.1. The Bertz CT molecular complexity index is 1170. The Morgan fingerprint density at radius 1 is 0.550 bits per heavy atom. The molecule has 0 amide bonds. The van der Waals surface area contributed by atoms with E-state index < -0.39 is 71.2 Å². The van der Waals surface area contributed by atoms with E-state index in [0.29, 0.717) is 12.8 Å². The van der Waals surface area contributed by atoms with Crippen LogP contribution in [0.2, 0.25) is 0 Å². The largest absolute Gasteiger partial charge is 0.462 e. The summed E-state index contributed by atoms with van der Waals surface area (Å²) in [6, 6.07) is 0. The molecular weight excluding hydrogens is 789 g/mol. The smallest absolute Gasteiger partial charge is 0.306 e. The van der Waals surface area contributed by atoms with Crippen LogP contribution in [-0.4, -0.2) is 96.0 Å². The number of aliphatic hydroxyl groups excluding tert-OH is 3. The number of allylic oxidation sites excluding steroid dienone is 2. The van der Waals surface area contributed by atoms with Crippen molar-refractivity contribution in [3.05, 3.63) is 12.2 Å². The number of carbonyl (C=O) groups excluding carboxylic acids is 2. The van der Waals surface area contributed by atoms with Crippen LogP contribution in [0.4, 0.5) is 0 Å². The SMILES string of the molecule is CCCCCCCC/C=C/CCCCCC(=O)O[C@H](COC(=O)CCCCCCCCCCCCCCCCCCCCC)CO[C@H]1O[C@H](CS(=O)(=O)O)[C@@H](O)C(O)C1O. The monoisotopic (exact) mass is 877 g/mol. The number of hydrogen-bond donors (Lipinski definition) is 4. The van der Waals surface area contributed by atoms with E-state index in [1.54, 1.807) is 0 Å². The fraction of sp³-hybridized carbons (Fsp3) is 0.915. The first-order chi connectivity index (χ1) is 29.0. The van der Waals surface area contributed by atoms with Crippen molar-refractivity contribution in [1.29, 1.82) is 0 Å². The molecule has 0 spiro atoms. The predicted molar refractivity (Wildman–Crippen MR) is 238 cm³/mol. The molecule has 0 aromatic rings. The maximum absolute atomic E-state index is 12.8. The van der Waals surface area contributed by atoms with Gasteiger partial charge in [-0.05, 0) is 38.5 Å². The zero-order chi connectivity index (χ0) is 44.1. The van der Waals surface area contributed by atoms with Crippen molar-refractivity contribution >= 4 is 22.1 Å². The molecule has 0 aromatic carbocycles. The van der Waals surface area contributed by atoms with Gasteiger partial charge >= 0.3 is 11.9 Å². The molecule has 4 N–H and O–H groups in total. The summed E-state index contributed by atoms with van der Waals surface area (Å²) in [5.41, 5.74) is 0. The lowest BCUT2D eigenvalue weighted by Gasteiger charge is -2.40. The van der Waals surface area contributed by atoms with Crippen LogP contribution in [0, 0.1) is 0 Å². The van der Waals surface area contributed by atoms with Crippen molar-refractivity contribution in [2.75, 3.05) is 19.0 Å². The molecule has 1 aliphatic heterocycles. The average Bonchev–Trinajstić information content (AvgIpc) is 3.21. The van der Waals surface area contributed by atoms with Gasteiger partial charge in [-0.25, -0.2) is 0 Å². The van der Waals surface area contributed by atoms with E-state index in [2.05, 4.69) is 26.0 Å². The van der Waals surface area contributed by atoms with Crippen molar-refractivity contribution in [3.63, 3.8) is 0 Å². The quantitative estimate of drug-likeness (QED) is 0.0197. The van der Waals surface area contributed by atoms with Gasteiger partial charge < -0.3 is 34.3 Å². The summed E-state index contributed by atoms with van der Waals surface area (Å²) in [5.74, 6) is -1.99. The standard InChI is InChI=1S/C47H88O12S/c1-3-5-7-9-11-13-15-17-18-19-20-21-22-24-25-27-29-31-33-35-42(48)56-37-40(38-57-47-46(52)45(51)44(50)41(59-47)39-60(53,54)55)58-43(49)36-34-32-30-28-26-23-16-14-12-10-8-6-4-2/h23,26,40-41,44-47,50-52H,3-22,24-25,27-39H2,1-2H3,(H,53,54,55)/b26-23+/t40-,41-,44-,45?,46?,47+/m1/s1. The van der Waals surface area contributed by atoms with Gasteiger partial charge in [-0.2, -0.15) is 8.42 Å². The lowest BCUT2D eigenvalue weighted by atomic mass is 10.00. The maximum atomic E-state index is 12.8. The number of unbranched alkanes of at least 4 members (excludes halogenated alkanes) is 27. The van der Waals surface area contributed by atoms with Gasteiger partial charge in [-0.3, -0.25) is 14.1 Å². The number of aliphatic hydroxyl groups is 3. The van der Waals surface area contributed by atoms with Crippen LogP contribution in [-0.2, 0) is 38.7 Å². The zero-order valence-electron chi connectivity index (χ0n) is 37.8. The minimum Gasteiger partial charge on any atom is -0.462 e. The fourth-order valence-electron chi connectivity index (χ4n) is 7.56. The predicted octanol–water partition coefficient (Wildman–Crippen LogP) is 10.2. The molecule has 13 heteroatoms. The van der Waals surface area contributed by atoms with Crippen LogP contribution in [0.1, 0.15) is 219 Å². The van der Waals surface area contributed by atoms with Gasteiger partial charge in [0.25, 0.3) is 10.1 Å². The molecule has 6 atom stereocenters. The third-order valence-corrected chi connectivity index (χ3v) is 12.1. The average molecular weight is 877 g/mol. The van der Waals surface area contributed by atoms with Gasteiger partial charge in [0.1, 0.15) is 36.8 Å². The van der Waals surface area contributed by atoms with Gasteiger partial charge in [-0.15, -0.1) is 0 Å². The second-order valence-corrected chi connectivity index (χ2v) is 18.6. The third kappa shape index (κ3) is 32.1. The maximum Gasteiger partial charge on any atom is 0.306 e. The minimum atomic E-state index is -4.60. The first-order valence-electron chi connectivity index (χ1n) is 24.2. The van der Waals surface area contributed by atoms with Gasteiger partial charge in [0.2, 0.25) is 0 Å². The fourth-order valence-corrected chi connectivity index (χ4v) is 8.25. The lowest BCUT2D eigenvalue weighted by Crippen LogP contribution is -2.60. The molecule has 0 aliphatic carbocycles. The minimum absolute atomic E-state index is 0.148. The van der Waals surface area contributed by atoms with Gasteiger partial charge in [-0.1, -0.05) is 180 Å². The van der Waals surface area contributed by atoms with Crippen molar-refractivity contribution in [3.8, 4) is 0 Å². The number of carbonyl (C=O) groups is 2. The molecule has 1 rings (SSSR count). The summed E-state index contributed by atoms with van der Waals surface area (Å²) >= 11 is 0. The van der Waals surface area contributed by atoms with Gasteiger partial charge in [0.15, 0.2) is 12.4 Å². The molecule has 1 aliphatic rings. The van der Waals surface area contributed by atoms with Crippen molar-refractivity contribution in [1.82, 2.24) is 0 Å². The Hall–Kier alpha value is -1.61. The molecule has 0 bridgehead atoms. The van der Waals surface area contributed by atoms with E-state index >= 15 is 0 Å². The first kappa shape index (κ1) is 56.4. The summed E-state index contributed by atoms with van der Waals surface area (Å²) in [6.45, 7) is 3.76. The van der Waals surface area contributed by atoms with E-state index in [1.807, 2.05) is 0 Å². The highest BCUT2D eigenvalue weighted by Gasteiger charge is 2.46. The van der Waals surface area contributed by atoms with Crippen molar-refractivity contribution in [2.24, 2.45) is 0 Å². The molecular formula is C47H88O12S. The second kappa shape index (κ2) is 37.9. The molecule has 60 heavy (non-hydrogen) atoms. The summed E-state index contributed by atoms with van der Waals surface area (Å²) in [5, 5.41) is 30.9. The van der Waals surface area contributed by atoms with Gasteiger partial charge in [0, 0.05) is 12.8 Å². The third-order valence-electron chi connectivity index (χ3n) is 11.3. The summed E-state index contributed by atoms with van der Waals surface area (Å²) in [6.07, 6.45) is 31.2. The number of ether oxygens (including phenoxy) is 4. The summed E-state index contributed by atoms with van der Waals surface area (Å²) in [4.78, 5) is 25.4. The zero-order valence-corrected chi connectivity index (χ0v) is 38.6. The Morgan fingerprint density at radius 2 is 0.950 bits per heavy atom. The van der Waals surface area contributed by atoms with Crippen LogP contribution in [0.15, 0.2) is 12.2 Å². The normalized spacial score (nSPS) is 20.1. The van der Waals surface area contributed by atoms with Crippen LogP contribution < -0.4 is 0 Å². The molecule has 2 unspecified atom stereocenters. The highest BCUT2D eigenvalue weighted by Crippen LogP contribution is 2.24. The van der Waals surface area contributed by atoms with E-state index in [1.165, 1.54) is 135 Å². The molecule has 1 heterocycles. The number of rotatable bonds is 41. The van der Waals surface area contributed by atoms with Gasteiger partial charge in [0.05, 0.1) is 6.61 Å². The topological polar surface area (TPSA) is 186 Å². The van der Waals surface area contributed by atoms with Crippen LogP contribution >= 0.6 is 0 Å². The molecule has 12 nitrogen and oxygen atoms in total. The Kier molecular flexibility index (Phi) is 35.6. The number of esters is 2. The molecule has 0 aromatic heterocycles. The van der Waals surface area contributed by atoms with Crippen LogP contribution in [0.25, 0.3) is 0 Å². The summed E-state index contributed by atoms with van der Waals surface area (Å²) in [7, 11) is -4.60. The van der Waals surface area contributed by atoms with E-state index in [-0.39, 0.29) is 19.4 Å².